The summed E-state index contributed by atoms with van der Waals surface area (Å²) in [5.41, 5.74) is -0.139. The van der Waals surface area contributed by atoms with Crippen LogP contribution in [0.15, 0.2) is 23.7 Å². The van der Waals surface area contributed by atoms with Crippen LogP contribution in [0.3, 0.4) is 0 Å². The molecule has 0 atom stereocenters. The Hall–Kier alpha value is -1.73. The lowest BCUT2D eigenvalue weighted by molar-refractivity contribution is -0.384. The number of halogens is 1. The van der Waals surface area contributed by atoms with Gasteiger partial charge in [-0.15, -0.1) is 11.3 Å². The lowest BCUT2D eigenvalue weighted by Gasteiger charge is -2.26. The fourth-order valence-corrected chi connectivity index (χ4v) is 2.59. The molecule has 2 rings (SSSR count). The van der Waals surface area contributed by atoms with Gasteiger partial charge in [0.2, 0.25) is 11.1 Å². The fourth-order valence-electron chi connectivity index (χ4n) is 1.76. The van der Waals surface area contributed by atoms with E-state index >= 15 is 0 Å². The molecule has 0 aliphatic carbocycles. The van der Waals surface area contributed by atoms with E-state index < -0.39 is 4.92 Å². The monoisotopic (exact) mass is 312 g/mol. The van der Waals surface area contributed by atoms with Gasteiger partial charge in [-0.2, -0.15) is 4.98 Å². The van der Waals surface area contributed by atoms with Crippen LogP contribution in [0.4, 0.5) is 11.5 Å². The molecule has 2 heterocycles. The average molecular weight is 313 g/mol. The first-order valence-electron chi connectivity index (χ1n) is 5.95. The number of thiophene rings is 1. The molecule has 0 aromatic carbocycles. The minimum Gasteiger partial charge on any atom is -0.343 e. The summed E-state index contributed by atoms with van der Waals surface area (Å²) in [6, 6.07) is 3.97. The van der Waals surface area contributed by atoms with Gasteiger partial charge >= 0.3 is 5.69 Å². The maximum atomic E-state index is 11.1. The smallest absolute Gasteiger partial charge is 0.329 e. The van der Waals surface area contributed by atoms with Crippen molar-refractivity contribution < 1.29 is 4.92 Å². The molecule has 0 aliphatic heterocycles. The van der Waals surface area contributed by atoms with E-state index in [2.05, 4.69) is 9.97 Å². The van der Waals surface area contributed by atoms with Crippen LogP contribution in [-0.2, 0) is 6.54 Å². The van der Waals surface area contributed by atoms with E-state index in [-0.39, 0.29) is 22.8 Å². The molecule has 0 fully saturated rings. The van der Waals surface area contributed by atoms with E-state index in [9.17, 15) is 10.1 Å². The maximum Gasteiger partial charge on any atom is 0.329 e. The second kappa shape index (κ2) is 6.15. The molecular weight excluding hydrogens is 300 g/mol. The summed E-state index contributed by atoms with van der Waals surface area (Å²) in [6.07, 6.45) is 1.15. The Morgan fingerprint density at radius 3 is 2.85 bits per heavy atom. The maximum absolute atomic E-state index is 11.1. The minimum absolute atomic E-state index is 0.00225. The number of anilines is 1. The molecule has 0 saturated carbocycles. The van der Waals surface area contributed by atoms with E-state index in [1.54, 1.807) is 11.3 Å². The highest BCUT2D eigenvalue weighted by molar-refractivity contribution is 7.09. The number of hydrogen-bond acceptors (Lipinski definition) is 6. The molecule has 0 aliphatic rings. The second-order valence-corrected chi connectivity index (χ2v) is 5.78. The lowest BCUT2D eigenvalue weighted by atomic mass is 10.2. The van der Waals surface area contributed by atoms with Crippen LogP contribution in [-0.4, -0.2) is 20.9 Å². The standard InChI is InChI=1S/C12H13ClN4O2S/c1-8(2)16(7-9-4-3-5-20-9)11-10(17(18)19)6-14-12(13)15-11/h3-6,8H,7H2,1-2H3. The van der Waals surface area contributed by atoms with Crippen molar-refractivity contribution in [1.29, 1.82) is 0 Å². The summed E-state index contributed by atoms with van der Waals surface area (Å²) in [5.74, 6) is 0.249. The van der Waals surface area contributed by atoms with Crippen LogP contribution < -0.4 is 4.90 Å². The highest BCUT2D eigenvalue weighted by Crippen LogP contribution is 2.29. The predicted molar refractivity (Wildman–Crippen MR) is 79.3 cm³/mol. The third-order valence-electron chi connectivity index (χ3n) is 2.72. The first-order valence-corrected chi connectivity index (χ1v) is 7.20. The van der Waals surface area contributed by atoms with E-state index in [0.717, 1.165) is 11.1 Å². The van der Waals surface area contributed by atoms with Crippen molar-refractivity contribution >= 4 is 34.4 Å². The van der Waals surface area contributed by atoms with Gasteiger partial charge < -0.3 is 4.90 Å². The largest absolute Gasteiger partial charge is 0.343 e. The van der Waals surface area contributed by atoms with Gasteiger partial charge in [0.05, 0.1) is 11.5 Å². The molecule has 8 heteroatoms. The molecule has 2 aromatic rings. The van der Waals surface area contributed by atoms with Crippen LogP contribution in [0.2, 0.25) is 5.28 Å². The third kappa shape index (κ3) is 3.23. The molecule has 0 unspecified atom stereocenters. The van der Waals surface area contributed by atoms with Gasteiger partial charge in [-0.05, 0) is 36.9 Å². The molecule has 0 N–H and O–H groups in total. The Balaban J connectivity index is 2.43. The summed E-state index contributed by atoms with van der Waals surface area (Å²) in [4.78, 5) is 21.3. The van der Waals surface area contributed by atoms with Gasteiger partial charge in [-0.3, -0.25) is 10.1 Å². The van der Waals surface area contributed by atoms with Gasteiger partial charge in [0.25, 0.3) is 0 Å². The SMILES string of the molecule is CC(C)N(Cc1cccs1)c1nc(Cl)ncc1[N+](=O)[O-]. The van der Waals surface area contributed by atoms with E-state index in [1.807, 2.05) is 36.3 Å². The minimum atomic E-state index is -0.491. The molecular formula is C12H13ClN4O2S. The number of aromatic nitrogens is 2. The molecule has 106 valence electrons. The van der Waals surface area contributed by atoms with Gasteiger partial charge in [0, 0.05) is 10.9 Å². The first kappa shape index (κ1) is 14.7. The number of hydrogen-bond donors (Lipinski definition) is 0. The highest BCUT2D eigenvalue weighted by Gasteiger charge is 2.24. The van der Waals surface area contributed by atoms with Crippen molar-refractivity contribution in [2.75, 3.05) is 4.90 Å². The highest BCUT2D eigenvalue weighted by atomic mass is 35.5. The van der Waals surface area contributed by atoms with Gasteiger partial charge in [-0.25, -0.2) is 4.98 Å². The molecule has 0 radical (unpaired) electrons. The zero-order valence-corrected chi connectivity index (χ0v) is 12.6. The topological polar surface area (TPSA) is 72.2 Å². The Labute approximate surface area is 125 Å². The van der Waals surface area contributed by atoms with Crippen LogP contribution >= 0.6 is 22.9 Å². The molecule has 0 saturated heterocycles. The van der Waals surface area contributed by atoms with Crippen molar-refractivity contribution in [2.45, 2.75) is 26.4 Å². The Morgan fingerprint density at radius 1 is 1.55 bits per heavy atom. The Morgan fingerprint density at radius 2 is 2.30 bits per heavy atom. The fraction of sp³-hybridized carbons (Fsp3) is 0.333. The summed E-state index contributed by atoms with van der Waals surface area (Å²) >= 11 is 7.38. The molecule has 20 heavy (non-hydrogen) atoms. The van der Waals surface area contributed by atoms with E-state index in [4.69, 9.17) is 11.6 Å². The van der Waals surface area contributed by atoms with E-state index in [0.29, 0.717) is 6.54 Å². The van der Waals surface area contributed by atoms with Gasteiger partial charge in [-0.1, -0.05) is 6.07 Å². The molecule has 0 bridgehead atoms. The second-order valence-electron chi connectivity index (χ2n) is 4.41. The van der Waals surface area contributed by atoms with Crippen LogP contribution in [0.25, 0.3) is 0 Å². The van der Waals surface area contributed by atoms with Crippen LogP contribution in [0.1, 0.15) is 18.7 Å². The predicted octanol–water partition coefficient (Wildman–Crippen LogP) is 3.51. The van der Waals surface area contributed by atoms with Crippen molar-refractivity contribution in [3.8, 4) is 0 Å². The first-order chi connectivity index (χ1) is 9.49. The normalized spacial score (nSPS) is 10.8. The Kier molecular flexibility index (Phi) is 4.51. The summed E-state index contributed by atoms with van der Waals surface area (Å²) < 4.78 is 0. The van der Waals surface area contributed by atoms with Crippen molar-refractivity contribution in [3.63, 3.8) is 0 Å². The van der Waals surface area contributed by atoms with Gasteiger partial charge in [0.15, 0.2) is 0 Å². The van der Waals surface area contributed by atoms with Crippen molar-refractivity contribution in [3.05, 3.63) is 44.0 Å². The molecule has 0 spiro atoms. The number of nitrogens with zero attached hydrogens (tertiary/aromatic N) is 4. The summed E-state index contributed by atoms with van der Waals surface area (Å²) in [7, 11) is 0. The average Bonchev–Trinajstić information content (AvgIpc) is 2.87. The van der Waals surface area contributed by atoms with E-state index in [1.165, 1.54) is 0 Å². The summed E-state index contributed by atoms with van der Waals surface area (Å²) in [6.45, 7) is 4.45. The van der Waals surface area contributed by atoms with Crippen molar-refractivity contribution in [1.82, 2.24) is 9.97 Å². The van der Waals surface area contributed by atoms with Crippen LogP contribution in [0.5, 0.6) is 0 Å². The number of nitro groups is 1. The molecule has 6 nitrogen and oxygen atoms in total. The summed E-state index contributed by atoms with van der Waals surface area (Å²) in [5, 5.41) is 13.1. The third-order valence-corrected chi connectivity index (χ3v) is 3.76. The molecule has 2 aromatic heterocycles. The zero-order valence-electron chi connectivity index (χ0n) is 11.0. The van der Waals surface area contributed by atoms with Gasteiger partial charge in [0.1, 0.15) is 6.20 Å². The lowest BCUT2D eigenvalue weighted by Crippen LogP contribution is -2.31. The molecule has 0 amide bonds. The van der Waals surface area contributed by atoms with Crippen LogP contribution in [0, 0.1) is 10.1 Å². The Bertz CT molecular complexity index is 604. The quantitative estimate of drug-likeness (QED) is 0.480. The zero-order chi connectivity index (χ0) is 14.7. The van der Waals surface area contributed by atoms with Crippen molar-refractivity contribution in [2.24, 2.45) is 0 Å². The number of rotatable bonds is 5.